The van der Waals surface area contributed by atoms with Crippen molar-refractivity contribution < 1.29 is 9.53 Å². The number of benzene rings is 2. The Bertz CT molecular complexity index is 1110. The van der Waals surface area contributed by atoms with E-state index in [1.165, 1.54) is 16.4 Å². The van der Waals surface area contributed by atoms with Crippen LogP contribution in [0, 0.1) is 13.8 Å². The van der Waals surface area contributed by atoms with Crippen LogP contribution in [-0.4, -0.2) is 39.4 Å². The summed E-state index contributed by atoms with van der Waals surface area (Å²) >= 11 is 1.19. The third kappa shape index (κ3) is 5.76. The minimum atomic E-state index is -0.150. The third-order valence-electron chi connectivity index (χ3n) is 4.48. The highest BCUT2D eigenvalue weighted by atomic mass is 32.2. The molecule has 0 saturated heterocycles. The first-order valence-electron chi connectivity index (χ1n) is 9.52. The Morgan fingerprint density at radius 1 is 1.23 bits per heavy atom. The summed E-state index contributed by atoms with van der Waals surface area (Å²) in [6.45, 7) is 5.78. The molecule has 3 aromatic rings. The highest BCUT2D eigenvalue weighted by Gasteiger charge is 2.13. The Kier molecular flexibility index (Phi) is 7.14. The highest BCUT2D eigenvalue weighted by molar-refractivity contribution is 7.99. The lowest BCUT2D eigenvalue weighted by Gasteiger charge is -2.09. The van der Waals surface area contributed by atoms with E-state index in [4.69, 9.17) is 10.6 Å². The fourth-order valence-corrected chi connectivity index (χ4v) is 3.34. The zero-order valence-electron chi connectivity index (χ0n) is 17.8. The molecule has 9 nitrogen and oxygen atoms in total. The molecule has 0 aliphatic rings. The predicted octanol–water partition coefficient (Wildman–Crippen LogP) is 3.18. The summed E-state index contributed by atoms with van der Waals surface area (Å²) in [4.78, 5) is 12.3. The van der Waals surface area contributed by atoms with Crippen molar-refractivity contribution in [2.24, 2.45) is 5.10 Å². The van der Waals surface area contributed by atoms with E-state index in [1.54, 1.807) is 7.11 Å². The Morgan fingerprint density at radius 3 is 2.81 bits per heavy atom. The second kappa shape index (κ2) is 9.98. The van der Waals surface area contributed by atoms with Crippen molar-refractivity contribution in [1.29, 1.82) is 0 Å². The molecule has 0 atom stereocenters. The molecule has 3 rings (SSSR count). The van der Waals surface area contributed by atoms with Crippen molar-refractivity contribution in [3.05, 3.63) is 59.2 Å². The number of nitrogens with two attached hydrogens (primary N) is 1. The molecule has 0 unspecified atom stereocenters. The largest absolute Gasteiger partial charge is 0.497 e. The number of anilines is 2. The first-order valence-corrected chi connectivity index (χ1v) is 10.5. The van der Waals surface area contributed by atoms with E-state index in [1.807, 2.05) is 63.2 Å². The number of aryl methyl sites for hydroxylation is 2. The van der Waals surface area contributed by atoms with Crippen LogP contribution in [0.1, 0.15) is 23.6 Å². The second-order valence-electron chi connectivity index (χ2n) is 6.87. The van der Waals surface area contributed by atoms with Crippen molar-refractivity contribution in [1.82, 2.24) is 14.9 Å². The van der Waals surface area contributed by atoms with Gasteiger partial charge in [0, 0.05) is 11.3 Å². The number of hydrogen-bond donors (Lipinski definition) is 3. The topological polar surface area (TPSA) is 119 Å². The molecule has 0 fully saturated rings. The van der Waals surface area contributed by atoms with Crippen molar-refractivity contribution in [3.8, 4) is 5.75 Å². The van der Waals surface area contributed by atoms with Gasteiger partial charge in [-0.05, 0) is 50.1 Å². The van der Waals surface area contributed by atoms with Crippen LogP contribution in [0.5, 0.6) is 5.75 Å². The normalized spacial score (nSPS) is 11.3. The van der Waals surface area contributed by atoms with Gasteiger partial charge in [-0.3, -0.25) is 4.79 Å². The first-order chi connectivity index (χ1) is 14.9. The SMILES string of the molecule is COc1cccc(/C(C)=N/Nc2nnc(SCC(=O)Nc3cc(C)ccc3C)n2N)c1. The lowest BCUT2D eigenvalue weighted by Crippen LogP contribution is -2.17. The number of carbonyl (C=O) groups is 1. The van der Waals surface area contributed by atoms with Crippen LogP contribution in [0.15, 0.2) is 52.7 Å². The molecule has 0 radical (unpaired) electrons. The molecule has 10 heteroatoms. The molecule has 4 N–H and O–H groups in total. The van der Waals surface area contributed by atoms with Crippen LogP contribution < -0.4 is 21.3 Å². The molecular weight excluding hydrogens is 414 g/mol. The molecule has 2 aromatic carbocycles. The lowest BCUT2D eigenvalue weighted by atomic mass is 10.1. The van der Waals surface area contributed by atoms with Gasteiger partial charge in [-0.1, -0.05) is 36.0 Å². The smallest absolute Gasteiger partial charge is 0.264 e. The number of thioether (sulfide) groups is 1. The van der Waals surface area contributed by atoms with E-state index < -0.39 is 0 Å². The zero-order chi connectivity index (χ0) is 22.4. The van der Waals surface area contributed by atoms with E-state index in [9.17, 15) is 4.79 Å². The summed E-state index contributed by atoms with van der Waals surface area (Å²) in [6, 6.07) is 13.5. The number of nitrogens with one attached hydrogen (secondary N) is 2. The number of hydrazone groups is 1. The summed E-state index contributed by atoms with van der Waals surface area (Å²) in [5, 5.41) is 15.6. The van der Waals surface area contributed by atoms with Gasteiger partial charge in [0.1, 0.15) is 5.75 Å². The van der Waals surface area contributed by atoms with E-state index in [0.29, 0.717) is 5.16 Å². The number of nitrogen functional groups attached to an aromatic ring is 1. The van der Waals surface area contributed by atoms with Crippen molar-refractivity contribution in [3.63, 3.8) is 0 Å². The first kappa shape index (κ1) is 22.2. The Morgan fingerprint density at radius 2 is 2.03 bits per heavy atom. The number of rotatable bonds is 8. The van der Waals surface area contributed by atoms with Gasteiger partial charge in [0.25, 0.3) is 5.95 Å². The van der Waals surface area contributed by atoms with E-state index in [-0.39, 0.29) is 17.6 Å². The van der Waals surface area contributed by atoms with Gasteiger partial charge in [0.2, 0.25) is 11.1 Å². The minimum Gasteiger partial charge on any atom is -0.497 e. The van der Waals surface area contributed by atoms with E-state index in [2.05, 4.69) is 26.0 Å². The Balaban J connectivity index is 1.59. The maximum atomic E-state index is 12.3. The van der Waals surface area contributed by atoms with E-state index >= 15 is 0 Å². The summed E-state index contributed by atoms with van der Waals surface area (Å²) in [6.07, 6.45) is 0. The van der Waals surface area contributed by atoms with Crippen molar-refractivity contribution in [2.75, 3.05) is 29.4 Å². The average molecular weight is 440 g/mol. The van der Waals surface area contributed by atoms with Gasteiger partial charge in [-0.25, -0.2) is 10.1 Å². The number of hydrogen-bond acceptors (Lipinski definition) is 8. The monoisotopic (exact) mass is 439 g/mol. The van der Waals surface area contributed by atoms with Crippen molar-refractivity contribution >= 4 is 35.0 Å². The molecule has 1 amide bonds. The molecule has 31 heavy (non-hydrogen) atoms. The Hall–Kier alpha value is -3.53. The predicted molar refractivity (Wildman–Crippen MR) is 124 cm³/mol. The maximum Gasteiger partial charge on any atom is 0.264 e. The number of methoxy groups -OCH3 is 1. The average Bonchev–Trinajstić information content (AvgIpc) is 3.12. The minimum absolute atomic E-state index is 0.148. The summed E-state index contributed by atoms with van der Waals surface area (Å²) in [7, 11) is 1.61. The van der Waals surface area contributed by atoms with Crippen LogP contribution in [0.3, 0.4) is 0 Å². The maximum absolute atomic E-state index is 12.3. The zero-order valence-corrected chi connectivity index (χ0v) is 18.7. The van der Waals surface area contributed by atoms with Gasteiger partial charge < -0.3 is 15.9 Å². The van der Waals surface area contributed by atoms with Crippen molar-refractivity contribution in [2.45, 2.75) is 25.9 Å². The second-order valence-corrected chi connectivity index (χ2v) is 7.81. The number of aromatic nitrogens is 3. The number of ether oxygens (including phenoxy) is 1. The highest BCUT2D eigenvalue weighted by Crippen LogP contribution is 2.20. The van der Waals surface area contributed by atoms with Crippen LogP contribution in [0.2, 0.25) is 0 Å². The van der Waals surface area contributed by atoms with Gasteiger partial charge in [-0.15, -0.1) is 10.2 Å². The molecule has 1 aromatic heterocycles. The molecule has 0 aliphatic heterocycles. The molecule has 0 spiro atoms. The Labute approximate surface area is 185 Å². The van der Waals surface area contributed by atoms with Gasteiger partial charge in [-0.2, -0.15) is 5.10 Å². The molecular formula is C21H25N7O2S. The molecule has 0 bridgehead atoms. The molecule has 162 valence electrons. The van der Waals surface area contributed by atoms with Crippen LogP contribution in [0.25, 0.3) is 0 Å². The summed E-state index contributed by atoms with van der Waals surface area (Å²) < 4.78 is 6.49. The molecule has 0 aliphatic carbocycles. The fourth-order valence-electron chi connectivity index (χ4n) is 2.69. The third-order valence-corrected chi connectivity index (χ3v) is 5.42. The standard InChI is InChI=1S/C21H25N7O2S/c1-13-8-9-14(2)18(10-13)23-19(29)12-31-21-27-26-20(28(21)22)25-24-15(3)16-6-5-7-17(11-16)30-4/h5-11H,12,22H2,1-4H3,(H,23,29)(H,25,26)/b24-15+. The number of amides is 1. The van der Waals surface area contributed by atoms with Crippen LogP contribution in [-0.2, 0) is 4.79 Å². The van der Waals surface area contributed by atoms with Crippen LogP contribution in [0.4, 0.5) is 11.6 Å². The van der Waals surface area contributed by atoms with Gasteiger partial charge in [0.15, 0.2) is 0 Å². The van der Waals surface area contributed by atoms with Gasteiger partial charge in [0.05, 0.1) is 18.6 Å². The molecule has 0 saturated carbocycles. The lowest BCUT2D eigenvalue weighted by molar-refractivity contribution is -0.113. The summed E-state index contributed by atoms with van der Waals surface area (Å²) in [5.74, 6) is 7.05. The molecule has 1 heterocycles. The van der Waals surface area contributed by atoms with Crippen LogP contribution >= 0.6 is 11.8 Å². The summed E-state index contributed by atoms with van der Waals surface area (Å²) in [5.41, 5.74) is 7.31. The number of nitrogens with zero attached hydrogens (tertiary/aromatic N) is 4. The fraction of sp³-hybridized carbons (Fsp3) is 0.238. The van der Waals surface area contributed by atoms with Gasteiger partial charge >= 0.3 is 0 Å². The van der Waals surface area contributed by atoms with E-state index in [0.717, 1.165) is 33.8 Å². The quantitative estimate of drug-likeness (QED) is 0.213. The number of carbonyl (C=O) groups excluding carboxylic acids is 1.